The summed E-state index contributed by atoms with van der Waals surface area (Å²) in [6.45, 7) is 9.77. The highest BCUT2D eigenvalue weighted by Crippen LogP contribution is 2.57. The minimum absolute atomic E-state index is 0.139. The van der Waals surface area contributed by atoms with Crippen molar-refractivity contribution in [3.63, 3.8) is 0 Å². The molecule has 0 amide bonds. The number of nitrogens with zero attached hydrogens (tertiary/aromatic N) is 1. The molecule has 1 atom stereocenters. The van der Waals surface area contributed by atoms with Crippen molar-refractivity contribution in [3.05, 3.63) is 229 Å². The largest absolute Gasteiger partial charge is 0.490 e. The maximum Gasteiger partial charge on any atom is 0.330 e. The molecule has 0 radical (unpaired) electrons. The molecule has 0 saturated heterocycles. The van der Waals surface area contributed by atoms with E-state index >= 15 is 0 Å². The van der Waals surface area contributed by atoms with Crippen molar-refractivity contribution in [1.82, 2.24) is 4.98 Å². The predicted molar refractivity (Wildman–Crippen MR) is 295 cm³/mol. The fraction of sp³-hybridized carbons (Fsp3) is 0.0968. The number of fused-ring (bicyclic) bond motifs is 7. The summed E-state index contributed by atoms with van der Waals surface area (Å²) in [7, 11) is 0. The first-order valence-electron chi connectivity index (χ1n) is 23.6. The number of anilines is 1. The standard InChI is InChI=1S/C62H46N2O6S2/c1-4-58(65)69-28-26-67-49-22-18-41-31-45(16-14-43(41)33-49)60(71)63-55-24-20-47(30-38(55)3)62(53-13-9-8-12-51(53)52-35-39-10-6-7-11-40(39)36-54(52)62)48-21-25-56-57(37-48)72-61(64-56)46-17-15-44-34-50(23-19-42(44)32-46)68-27-29-70-59(66)5-2/h4-25,30-37H,1-2,26-29H2,3H3,(H,63,71). The van der Waals surface area contributed by atoms with Crippen LogP contribution in [0.15, 0.2) is 195 Å². The van der Waals surface area contributed by atoms with Gasteiger partial charge in [0.05, 0.1) is 15.6 Å². The van der Waals surface area contributed by atoms with Crippen molar-refractivity contribution in [3.8, 4) is 33.2 Å². The van der Waals surface area contributed by atoms with E-state index < -0.39 is 17.4 Å². The third kappa shape index (κ3) is 8.65. The Morgan fingerprint density at radius 2 is 1.19 bits per heavy atom. The van der Waals surface area contributed by atoms with Crippen LogP contribution in [-0.2, 0) is 24.5 Å². The van der Waals surface area contributed by atoms with Crippen LogP contribution in [0.25, 0.3) is 64.2 Å². The van der Waals surface area contributed by atoms with E-state index in [0.717, 1.165) is 82.4 Å². The Morgan fingerprint density at radius 1 is 0.597 bits per heavy atom. The predicted octanol–water partition coefficient (Wildman–Crippen LogP) is 14.1. The number of benzene rings is 9. The first-order valence-corrected chi connectivity index (χ1v) is 24.8. The van der Waals surface area contributed by atoms with E-state index in [0.29, 0.717) is 16.5 Å². The minimum Gasteiger partial charge on any atom is -0.490 e. The van der Waals surface area contributed by atoms with Crippen molar-refractivity contribution in [2.75, 3.05) is 31.7 Å². The first-order chi connectivity index (χ1) is 35.2. The summed E-state index contributed by atoms with van der Waals surface area (Å²) in [5, 5.41) is 11.0. The normalized spacial score (nSPS) is 13.6. The van der Waals surface area contributed by atoms with Crippen LogP contribution in [0.3, 0.4) is 0 Å². The summed E-state index contributed by atoms with van der Waals surface area (Å²) < 4.78 is 22.9. The number of thiazole rings is 1. The van der Waals surface area contributed by atoms with Crippen molar-refractivity contribution >= 4 is 88.7 Å². The van der Waals surface area contributed by atoms with Gasteiger partial charge in [-0.1, -0.05) is 129 Å². The molecule has 1 unspecified atom stereocenters. The lowest BCUT2D eigenvalue weighted by Gasteiger charge is -2.34. The molecule has 9 aromatic carbocycles. The Hall–Kier alpha value is -8.44. The Morgan fingerprint density at radius 3 is 1.90 bits per heavy atom. The Balaban J connectivity index is 0.927. The highest BCUT2D eigenvalue weighted by molar-refractivity contribution is 7.81. The number of esters is 2. The van der Waals surface area contributed by atoms with Crippen LogP contribution in [0.5, 0.6) is 11.5 Å². The molecule has 1 aliphatic rings. The van der Waals surface area contributed by atoms with Crippen molar-refractivity contribution in [2.24, 2.45) is 0 Å². The van der Waals surface area contributed by atoms with Crippen molar-refractivity contribution < 1.29 is 28.5 Å². The number of carbonyl (C=O) groups excluding carboxylic acids is 2. The highest BCUT2D eigenvalue weighted by atomic mass is 32.1. The smallest absolute Gasteiger partial charge is 0.330 e. The second-order valence-corrected chi connectivity index (χ2v) is 19.1. The minimum atomic E-state index is -0.662. The fourth-order valence-corrected chi connectivity index (χ4v) is 11.1. The molecule has 0 saturated carbocycles. The molecule has 10 aromatic rings. The molecule has 1 aliphatic carbocycles. The third-order valence-electron chi connectivity index (χ3n) is 13.3. The number of nitrogens with one attached hydrogen (secondary N) is 1. The average Bonchev–Trinajstić information content (AvgIpc) is 3.97. The number of ether oxygens (including phenoxy) is 4. The molecule has 1 N–H and O–H groups in total. The second kappa shape index (κ2) is 19.4. The molecular weight excluding hydrogens is 933 g/mol. The van der Waals surface area contributed by atoms with Gasteiger partial charge in [0, 0.05) is 29.0 Å². The van der Waals surface area contributed by atoms with Gasteiger partial charge in [0.1, 0.15) is 47.9 Å². The van der Waals surface area contributed by atoms with E-state index in [2.05, 4.69) is 147 Å². The Kier molecular flexibility index (Phi) is 12.4. The lowest BCUT2D eigenvalue weighted by atomic mass is 9.67. The monoisotopic (exact) mass is 978 g/mol. The molecule has 0 fully saturated rings. The molecule has 11 rings (SSSR count). The first kappa shape index (κ1) is 46.0. The highest BCUT2D eigenvalue weighted by Gasteiger charge is 2.46. The van der Waals surface area contributed by atoms with E-state index in [-0.39, 0.29) is 26.4 Å². The van der Waals surface area contributed by atoms with Gasteiger partial charge in [0.25, 0.3) is 0 Å². The Bertz CT molecular complexity index is 3840. The number of carbonyl (C=O) groups is 2. The fourth-order valence-electron chi connectivity index (χ4n) is 9.89. The van der Waals surface area contributed by atoms with E-state index in [9.17, 15) is 9.59 Å². The number of hydrogen-bond donors (Lipinski definition) is 1. The van der Waals surface area contributed by atoms with Gasteiger partial charge in [-0.25, -0.2) is 14.6 Å². The zero-order chi connectivity index (χ0) is 49.3. The molecule has 1 heterocycles. The van der Waals surface area contributed by atoms with E-state index in [1.54, 1.807) is 11.3 Å². The van der Waals surface area contributed by atoms with Gasteiger partial charge in [0.2, 0.25) is 0 Å². The van der Waals surface area contributed by atoms with Crippen molar-refractivity contribution in [2.45, 2.75) is 12.3 Å². The van der Waals surface area contributed by atoms with Crippen LogP contribution < -0.4 is 14.8 Å². The van der Waals surface area contributed by atoms with Crippen LogP contribution in [0.4, 0.5) is 5.69 Å². The van der Waals surface area contributed by atoms with Gasteiger partial charge < -0.3 is 24.3 Å². The van der Waals surface area contributed by atoms with E-state index in [4.69, 9.17) is 36.1 Å². The molecule has 10 heteroatoms. The topological polar surface area (TPSA) is 96.0 Å². The molecule has 8 nitrogen and oxygen atoms in total. The SMILES string of the molecule is C=CC(=O)OCCOc1ccc2cc(C(=S)Nc3ccc(C4(c5ccc6nc(-c7ccc8cc(OCCOC(=O)C=C)ccc8c7)sc6c5)c5ccccc5-c5cc6ccccc6cc54)cc3C)ccc2c1. The van der Waals surface area contributed by atoms with Crippen LogP contribution in [0, 0.1) is 6.92 Å². The summed E-state index contributed by atoms with van der Waals surface area (Å²) in [5.41, 5.74) is 11.4. The Labute approximate surface area is 425 Å². The maximum atomic E-state index is 11.4. The quantitative estimate of drug-likeness (QED) is 0.0466. The molecule has 0 bridgehead atoms. The summed E-state index contributed by atoms with van der Waals surface area (Å²) in [6, 6.07) is 60.1. The van der Waals surface area contributed by atoms with Crippen molar-refractivity contribution in [1.29, 1.82) is 0 Å². The summed E-state index contributed by atoms with van der Waals surface area (Å²) >= 11 is 7.77. The lowest BCUT2D eigenvalue weighted by molar-refractivity contribution is -0.139. The van der Waals surface area contributed by atoms with Crippen LogP contribution in [0.1, 0.15) is 33.4 Å². The molecule has 0 spiro atoms. The van der Waals surface area contributed by atoms with Gasteiger partial charge in [-0.2, -0.15) is 0 Å². The summed E-state index contributed by atoms with van der Waals surface area (Å²) in [5.74, 6) is 0.440. The van der Waals surface area contributed by atoms with Gasteiger partial charge in [-0.15, -0.1) is 11.3 Å². The van der Waals surface area contributed by atoms with Crippen LogP contribution in [0.2, 0.25) is 0 Å². The van der Waals surface area contributed by atoms with Gasteiger partial charge >= 0.3 is 11.9 Å². The van der Waals surface area contributed by atoms with E-state index in [1.165, 1.54) is 33.0 Å². The molecule has 0 aliphatic heterocycles. The van der Waals surface area contributed by atoms with Gasteiger partial charge in [-0.3, -0.25) is 0 Å². The number of rotatable bonds is 15. The molecule has 1 aromatic heterocycles. The van der Waals surface area contributed by atoms with Gasteiger partial charge in [0.15, 0.2) is 0 Å². The summed E-state index contributed by atoms with van der Waals surface area (Å²) in [4.78, 5) is 28.6. The average molecular weight is 979 g/mol. The van der Waals surface area contributed by atoms with Gasteiger partial charge in [-0.05, 0) is 145 Å². The second-order valence-electron chi connectivity index (χ2n) is 17.6. The molecular formula is C62H46N2O6S2. The molecule has 72 heavy (non-hydrogen) atoms. The maximum absolute atomic E-state index is 11.4. The number of aromatic nitrogens is 1. The summed E-state index contributed by atoms with van der Waals surface area (Å²) in [6.07, 6.45) is 2.28. The number of thiocarbonyl (C=S) groups is 1. The zero-order valence-corrected chi connectivity index (χ0v) is 40.9. The number of aryl methyl sites for hydroxylation is 1. The van der Waals surface area contributed by atoms with Crippen LogP contribution in [-0.4, -0.2) is 48.3 Å². The van der Waals surface area contributed by atoms with Crippen LogP contribution >= 0.6 is 23.6 Å². The van der Waals surface area contributed by atoms with E-state index in [1.807, 2.05) is 48.5 Å². The number of hydrogen-bond acceptors (Lipinski definition) is 9. The zero-order valence-electron chi connectivity index (χ0n) is 39.3. The molecule has 352 valence electrons. The third-order valence-corrected chi connectivity index (χ3v) is 14.7. The lowest BCUT2D eigenvalue weighted by Crippen LogP contribution is -2.29.